The third-order valence-electron chi connectivity index (χ3n) is 3.91. The van der Waals surface area contributed by atoms with Crippen molar-refractivity contribution in [2.24, 2.45) is 0 Å². The summed E-state index contributed by atoms with van der Waals surface area (Å²) in [7, 11) is 0. The Hall–Kier alpha value is -2.39. The molecule has 0 spiro atoms. The molecule has 3 nitrogen and oxygen atoms in total. The molecule has 0 fully saturated rings. The van der Waals surface area contributed by atoms with E-state index in [1.807, 2.05) is 25.1 Å². The molecule has 0 unspecified atom stereocenters. The summed E-state index contributed by atoms with van der Waals surface area (Å²) in [4.78, 5) is 8.46. The van der Waals surface area contributed by atoms with E-state index in [0.29, 0.717) is 5.82 Å². The monoisotopic (exact) mass is 323 g/mol. The second-order valence-corrected chi connectivity index (χ2v) is 5.95. The average molecular weight is 324 g/mol. The number of anilines is 1. The number of benzene rings is 2. The van der Waals surface area contributed by atoms with Crippen LogP contribution in [-0.4, -0.2) is 9.97 Å². The lowest BCUT2D eigenvalue weighted by Gasteiger charge is -2.14. The first-order chi connectivity index (χ1) is 11.0. The summed E-state index contributed by atoms with van der Waals surface area (Å²) in [5, 5.41) is 0.992. The summed E-state index contributed by atoms with van der Waals surface area (Å²) in [6, 6.07) is 10.3. The Bertz CT molecular complexity index is 906. The van der Waals surface area contributed by atoms with Crippen LogP contribution in [0.5, 0.6) is 0 Å². The first-order valence-corrected chi connectivity index (χ1v) is 7.85. The van der Waals surface area contributed by atoms with Gasteiger partial charge in [-0.2, -0.15) is 0 Å². The van der Waals surface area contributed by atoms with Crippen molar-refractivity contribution >= 4 is 34.4 Å². The molecule has 116 valence electrons. The Kier molecular flexibility index (Phi) is 4.05. The van der Waals surface area contributed by atoms with Crippen molar-refractivity contribution in [3.05, 3.63) is 58.4 Å². The lowest BCUT2D eigenvalue weighted by molar-refractivity contribution is 1.23. The third kappa shape index (κ3) is 2.80. The second-order valence-electron chi connectivity index (χ2n) is 5.61. The smallest absolute Gasteiger partial charge is 0.224 e. The molecule has 0 saturated heterocycles. The number of nitrogens with zero attached hydrogens (tertiary/aromatic N) is 2. The van der Waals surface area contributed by atoms with Crippen LogP contribution in [0.4, 0.5) is 5.82 Å². The van der Waals surface area contributed by atoms with Crippen molar-refractivity contribution in [1.29, 1.82) is 0 Å². The van der Waals surface area contributed by atoms with Crippen molar-refractivity contribution in [3.63, 3.8) is 0 Å². The van der Waals surface area contributed by atoms with Crippen LogP contribution in [0.15, 0.2) is 36.4 Å². The number of fused-ring (bicyclic) bond motifs is 1. The Morgan fingerprint density at radius 2 is 1.78 bits per heavy atom. The van der Waals surface area contributed by atoms with Gasteiger partial charge in [0, 0.05) is 10.9 Å². The Morgan fingerprint density at radius 3 is 2.43 bits per heavy atom. The summed E-state index contributed by atoms with van der Waals surface area (Å²) in [5.74, 6) is 0.405. The molecule has 2 N–H and O–H groups in total. The predicted molar refractivity (Wildman–Crippen MR) is 98.6 cm³/mol. The highest BCUT2D eigenvalue weighted by atomic mass is 35.5. The van der Waals surface area contributed by atoms with Gasteiger partial charge in [-0.3, -0.25) is 0 Å². The molecular formula is C19H18ClN3. The van der Waals surface area contributed by atoms with E-state index >= 15 is 0 Å². The second kappa shape index (κ2) is 6.01. The van der Waals surface area contributed by atoms with Crippen LogP contribution in [-0.2, 0) is 0 Å². The minimum Gasteiger partial charge on any atom is -0.383 e. The zero-order valence-electron chi connectivity index (χ0n) is 13.4. The quantitative estimate of drug-likeness (QED) is 0.661. The van der Waals surface area contributed by atoms with Crippen molar-refractivity contribution in [2.75, 3.05) is 5.73 Å². The molecule has 0 radical (unpaired) electrons. The fourth-order valence-corrected chi connectivity index (χ4v) is 3.24. The van der Waals surface area contributed by atoms with Gasteiger partial charge >= 0.3 is 0 Å². The number of halogens is 1. The Balaban J connectivity index is 2.33. The van der Waals surface area contributed by atoms with Gasteiger partial charge in [-0.25, -0.2) is 9.97 Å². The first kappa shape index (κ1) is 15.5. The highest BCUT2D eigenvalue weighted by Gasteiger charge is 2.13. The lowest BCUT2D eigenvalue weighted by Crippen LogP contribution is -1.98. The number of nitrogens with two attached hydrogens (primary N) is 1. The lowest BCUT2D eigenvalue weighted by atomic mass is 9.92. The van der Waals surface area contributed by atoms with Gasteiger partial charge in [0.2, 0.25) is 5.28 Å². The predicted octanol–water partition coefficient (Wildman–Crippen LogP) is 5.18. The molecule has 2 aromatic carbocycles. The third-order valence-corrected chi connectivity index (χ3v) is 4.08. The van der Waals surface area contributed by atoms with Gasteiger partial charge in [0.05, 0.1) is 5.52 Å². The minimum absolute atomic E-state index is 0.170. The molecule has 3 rings (SSSR count). The van der Waals surface area contributed by atoms with Crippen molar-refractivity contribution < 1.29 is 0 Å². The summed E-state index contributed by atoms with van der Waals surface area (Å²) in [5.41, 5.74) is 12.6. The molecule has 0 aliphatic carbocycles. The van der Waals surface area contributed by atoms with E-state index in [0.717, 1.165) is 22.0 Å². The van der Waals surface area contributed by atoms with Gasteiger partial charge in [-0.05, 0) is 60.7 Å². The Labute approximate surface area is 140 Å². The maximum absolute atomic E-state index is 6.02. The molecule has 0 saturated carbocycles. The molecule has 0 atom stereocenters. The van der Waals surface area contributed by atoms with Crippen molar-refractivity contribution in [3.8, 4) is 11.1 Å². The molecule has 0 aliphatic heterocycles. The topological polar surface area (TPSA) is 51.8 Å². The normalized spacial score (nSPS) is 11.5. The maximum atomic E-state index is 6.02. The number of aryl methyl sites for hydroxylation is 2. The van der Waals surface area contributed by atoms with E-state index in [4.69, 9.17) is 17.3 Å². The van der Waals surface area contributed by atoms with Crippen LogP contribution in [0.25, 0.3) is 28.1 Å². The molecule has 0 aliphatic rings. The Morgan fingerprint density at radius 1 is 1.09 bits per heavy atom. The van der Waals surface area contributed by atoms with Crippen LogP contribution in [0.2, 0.25) is 5.28 Å². The van der Waals surface area contributed by atoms with Crippen molar-refractivity contribution in [1.82, 2.24) is 9.97 Å². The van der Waals surface area contributed by atoms with Gasteiger partial charge in [-0.15, -0.1) is 0 Å². The molecule has 1 aromatic heterocycles. The van der Waals surface area contributed by atoms with Crippen LogP contribution < -0.4 is 5.73 Å². The van der Waals surface area contributed by atoms with Gasteiger partial charge in [-0.1, -0.05) is 36.4 Å². The number of para-hydroxylation sites is 1. The van der Waals surface area contributed by atoms with E-state index in [2.05, 4.69) is 48.1 Å². The number of hydrogen-bond acceptors (Lipinski definition) is 3. The number of rotatable bonds is 2. The van der Waals surface area contributed by atoms with E-state index < -0.39 is 0 Å². The summed E-state index contributed by atoms with van der Waals surface area (Å²) >= 11 is 6.02. The number of nitrogen functional groups attached to an aromatic ring is 1. The highest BCUT2D eigenvalue weighted by Crippen LogP contribution is 2.35. The molecular weight excluding hydrogens is 306 g/mol. The number of hydrogen-bond donors (Lipinski definition) is 1. The SMILES string of the molecule is C/C=C/c1cc(C)c(-c2cccc3c(N)nc(Cl)nc23)c(C)c1. The first-order valence-electron chi connectivity index (χ1n) is 7.47. The zero-order chi connectivity index (χ0) is 16.6. The van der Waals surface area contributed by atoms with Crippen LogP contribution >= 0.6 is 11.6 Å². The average Bonchev–Trinajstić information content (AvgIpc) is 2.47. The largest absolute Gasteiger partial charge is 0.383 e. The molecule has 0 bridgehead atoms. The van der Waals surface area contributed by atoms with E-state index in [1.165, 1.54) is 16.7 Å². The highest BCUT2D eigenvalue weighted by molar-refractivity contribution is 6.29. The molecule has 3 aromatic rings. The fourth-order valence-electron chi connectivity index (χ4n) is 3.06. The molecule has 4 heteroatoms. The van der Waals surface area contributed by atoms with Crippen LogP contribution in [0, 0.1) is 13.8 Å². The van der Waals surface area contributed by atoms with Crippen LogP contribution in [0.1, 0.15) is 23.6 Å². The molecule has 1 heterocycles. The molecule has 0 amide bonds. The minimum atomic E-state index is 0.170. The van der Waals surface area contributed by atoms with Gasteiger partial charge < -0.3 is 5.73 Å². The fraction of sp³-hybridized carbons (Fsp3) is 0.158. The number of aromatic nitrogens is 2. The maximum Gasteiger partial charge on any atom is 0.224 e. The van der Waals surface area contributed by atoms with Crippen LogP contribution in [0.3, 0.4) is 0 Å². The standard InChI is InChI=1S/C19H18ClN3/c1-4-6-13-9-11(2)16(12(3)10-13)14-7-5-8-15-17(14)22-19(20)23-18(15)21/h4-10H,1-3H3,(H2,21,22,23)/b6-4+. The van der Waals surface area contributed by atoms with Gasteiger partial charge in [0.15, 0.2) is 0 Å². The van der Waals surface area contributed by atoms with E-state index in [-0.39, 0.29) is 5.28 Å². The van der Waals surface area contributed by atoms with Gasteiger partial charge in [0.25, 0.3) is 0 Å². The number of allylic oxidation sites excluding steroid dienone is 1. The summed E-state index contributed by atoms with van der Waals surface area (Å²) in [6.07, 6.45) is 4.14. The summed E-state index contributed by atoms with van der Waals surface area (Å²) in [6.45, 7) is 6.24. The zero-order valence-corrected chi connectivity index (χ0v) is 14.1. The summed E-state index contributed by atoms with van der Waals surface area (Å²) < 4.78 is 0. The molecule has 23 heavy (non-hydrogen) atoms. The van der Waals surface area contributed by atoms with Gasteiger partial charge in [0.1, 0.15) is 5.82 Å². The van der Waals surface area contributed by atoms with E-state index in [9.17, 15) is 0 Å². The van der Waals surface area contributed by atoms with E-state index in [1.54, 1.807) is 0 Å². The van der Waals surface area contributed by atoms with Crippen molar-refractivity contribution in [2.45, 2.75) is 20.8 Å².